The van der Waals surface area contributed by atoms with Crippen LogP contribution in [-0.4, -0.2) is 36.4 Å². The van der Waals surface area contributed by atoms with Gasteiger partial charge in [-0.05, 0) is 31.2 Å². The van der Waals surface area contributed by atoms with Gasteiger partial charge >= 0.3 is 5.97 Å². The number of carboxylic acid groups (broad SMARTS) is 1. The molecule has 0 fully saturated rings. The summed E-state index contributed by atoms with van der Waals surface area (Å²) >= 11 is 0. The molecule has 8 heteroatoms. The minimum absolute atomic E-state index is 0.0689. The fourth-order valence-corrected chi connectivity index (χ4v) is 2.24. The van der Waals surface area contributed by atoms with Crippen LogP contribution in [0, 0.1) is 6.92 Å². The molecular formula is C18H16N2O6. The molecule has 8 nitrogen and oxygen atoms in total. The van der Waals surface area contributed by atoms with Gasteiger partial charge in [-0.1, -0.05) is 17.7 Å². The number of hydrogen-bond donors (Lipinski definition) is 3. The first-order valence-electron chi connectivity index (χ1n) is 7.49. The third kappa shape index (κ3) is 4.04. The fraction of sp³-hybridized carbons (Fsp3) is 0.111. The summed E-state index contributed by atoms with van der Waals surface area (Å²) in [7, 11) is 1.35. The first-order valence-corrected chi connectivity index (χ1v) is 7.49. The molecule has 2 rings (SSSR count). The summed E-state index contributed by atoms with van der Waals surface area (Å²) in [6.45, 7) is 1.95. The van der Waals surface area contributed by atoms with E-state index in [0.29, 0.717) is 5.69 Å². The van der Waals surface area contributed by atoms with E-state index in [2.05, 4.69) is 15.4 Å². The number of rotatable bonds is 6. The lowest BCUT2D eigenvalue weighted by Crippen LogP contribution is -2.22. The molecule has 0 unspecified atom stereocenters. The monoisotopic (exact) mass is 356 g/mol. The van der Waals surface area contributed by atoms with Crippen molar-refractivity contribution in [3.8, 4) is 5.75 Å². The molecule has 2 amide bonds. The van der Waals surface area contributed by atoms with Gasteiger partial charge in [-0.2, -0.15) is 0 Å². The number of anilines is 1. The Morgan fingerprint density at radius 2 is 1.65 bits per heavy atom. The molecule has 0 heterocycles. The molecular weight excluding hydrogens is 340 g/mol. The highest BCUT2D eigenvalue weighted by Crippen LogP contribution is 2.25. The standard InChI is InChI=1S/C18H16N2O6/c1-10-3-5-11(6-4-10)20-17(23)12-7-14(16(22)19-2)15(26-9-21)8-13(12)18(24)25/h3-9H,1-2H3,(H,19,22)(H,20,23)(H,24,25). The summed E-state index contributed by atoms with van der Waals surface area (Å²) in [4.78, 5) is 46.6. The topological polar surface area (TPSA) is 122 Å². The number of aryl methyl sites for hydroxylation is 1. The lowest BCUT2D eigenvalue weighted by atomic mass is 10.0. The van der Waals surface area contributed by atoms with Crippen molar-refractivity contribution >= 4 is 29.9 Å². The van der Waals surface area contributed by atoms with Crippen LogP contribution in [0.5, 0.6) is 5.75 Å². The van der Waals surface area contributed by atoms with Crippen LogP contribution in [0.1, 0.15) is 36.6 Å². The van der Waals surface area contributed by atoms with E-state index < -0.39 is 23.3 Å². The number of carbonyl (C=O) groups excluding carboxylic acids is 3. The number of aromatic carboxylic acids is 1. The van der Waals surface area contributed by atoms with Crippen LogP contribution >= 0.6 is 0 Å². The van der Waals surface area contributed by atoms with Gasteiger partial charge < -0.3 is 20.5 Å². The Morgan fingerprint density at radius 1 is 1.00 bits per heavy atom. The molecule has 134 valence electrons. The van der Waals surface area contributed by atoms with Crippen LogP contribution in [0.15, 0.2) is 36.4 Å². The second-order valence-corrected chi connectivity index (χ2v) is 5.31. The third-order valence-electron chi connectivity index (χ3n) is 3.55. The Labute approximate surface area is 148 Å². The van der Waals surface area contributed by atoms with Crippen molar-refractivity contribution < 1.29 is 29.0 Å². The number of carboxylic acids is 1. The van der Waals surface area contributed by atoms with Crippen molar-refractivity contribution in [1.29, 1.82) is 0 Å². The number of ether oxygens (including phenoxy) is 1. The number of carbonyl (C=O) groups is 4. The lowest BCUT2D eigenvalue weighted by molar-refractivity contribution is -0.120. The summed E-state index contributed by atoms with van der Waals surface area (Å²) in [5.41, 5.74) is 0.672. The Kier molecular flexibility index (Phi) is 5.69. The van der Waals surface area contributed by atoms with Crippen LogP contribution in [0.3, 0.4) is 0 Å². The van der Waals surface area contributed by atoms with E-state index in [0.717, 1.165) is 17.7 Å². The third-order valence-corrected chi connectivity index (χ3v) is 3.55. The maximum Gasteiger partial charge on any atom is 0.336 e. The number of amides is 2. The molecule has 0 aliphatic heterocycles. The van der Waals surface area contributed by atoms with E-state index in [-0.39, 0.29) is 23.3 Å². The van der Waals surface area contributed by atoms with E-state index in [1.165, 1.54) is 7.05 Å². The number of hydrogen-bond acceptors (Lipinski definition) is 5. The SMILES string of the molecule is CNC(=O)c1cc(C(=O)Nc2ccc(C)cc2)c(C(=O)O)cc1OC=O. The molecule has 3 N–H and O–H groups in total. The van der Waals surface area contributed by atoms with Crippen molar-refractivity contribution in [3.63, 3.8) is 0 Å². The van der Waals surface area contributed by atoms with Crippen LogP contribution < -0.4 is 15.4 Å². The van der Waals surface area contributed by atoms with Crippen molar-refractivity contribution in [3.05, 3.63) is 58.7 Å². The minimum Gasteiger partial charge on any atom is -0.478 e. The minimum atomic E-state index is -1.40. The number of benzene rings is 2. The quantitative estimate of drug-likeness (QED) is 0.679. The van der Waals surface area contributed by atoms with Gasteiger partial charge in [0.2, 0.25) is 0 Å². The molecule has 2 aromatic rings. The van der Waals surface area contributed by atoms with Gasteiger partial charge in [-0.3, -0.25) is 14.4 Å². The highest BCUT2D eigenvalue weighted by Gasteiger charge is 2.23. The van der Waals surface area contributed by atoms with Crippen LogP contribution in [-0.2, 0) is 4.79 Å². The average Bonchev–Trinajstić information content (AvgIpc) is 2.62. The van der Waals surface area contributed by atoms with Crippen molar-refractivity contribution in [1.82, 2.24) is 5.32 Å². The van der Waals surface area contributed by atoms with Gasteiger partial charge in [0.15, 0.2) is 0 Å². The second-order valence-electron chi connectivity index (χ2n) is 5.31. The Bertz CT molecular complexity index is 874. The van der Waals surface area contributed by atoms with Gasteiger partial charge in [0.05, 0.1) is 16.7 Å². The Morgan fingerprint density at radius 3 is 2.19 bits per heavy atom. The predicted octanol–water partition coefficient (Wildman–Crippen LogP) is 1.84. The smallest absolute Gasteiger partial charge is 0.336 e. The summed E-state index contributed by atoms with van der Waals surface area (Å²) in [5.74, 6) is -3.01. The Balaban J connectivity index is 2.51. The van der Waals surface area contributed by atoms with Crippen molar-refractivity contribution in [2.75, 3.05) is 12.4 Å². The van der Waals surface area contributed by atoms with Gasteiger partial charge in [-0.15, -0.1) is 0 Å². The predicted molar refractivity (Wildman–Crippen MR) is 92.6 cm³/mol. The Hall–Kier alpha value is -3.68. The van der Waals surface area contributed by atoms with Crippen molar-refractivity contribution in [2.45, 2.75) is 6.92 Å². The van der Waals surface area contributed by atoms with Crippen LogP contribution in [0.25, 0.3) is 0 Å². The molecule has 0 saturated carbocycles. The first-order chi connectivity index (χ1) is 12.4. The summed E-state index contributed by atoms with van der Waals surface area (Å²) < 4.78 is 4.68. The molecule has 0 bridgehead atoms. The maximum absolute atomic E-state index is 12.5. The molecule has 0 spiro atoms. The number of nitrogens with one attached hydrogen (secondary N) is 2. The van der Waals surface area contributed by atoms with Gasteiger partial charge in [0.1, 0.15) is 5.75 Å². The summed E-state index contributed by atoms with van der Waals surface area (Å²) in [5, 5.41) is 14.3. The molecule has 26 heavy (non-hydrogen) atoms. The largest absolute Gasteiger partial charge is 0.478 e. The molecule has 2 aromatic carbocycles. The normalized spacial score (nSPS) is 9.92. The van der Waals surface area contributed by atoms with Crippen LogP contribution in [0.4, 0.5) is 5.69 Å². The van der Waals surface area contributed by atoms with Gasteiger partial charge in [-0.25, -0.2) is 4.79 Å². The zero-order valence-corrected chi connectivity index (χ0v) is 14.0. The van der Waals surface area contributed by atoms with E-state index in [9.17, 15) is 24.3 Å². The highest BCUT2D eigenvalue weighted by atomic mass is 16.5. The summed E-state index contributed by atoms with van der Waals surface area (Å²) in [6, 6.07) is 8.93. The fourth-order valence-electron chi connectivity index (χ4n) is 2.24. The second kappa shape index (κ2) is 7.93. The van der Waals surface area contributed by atoms with Crippen molar-refractivity contribution in [2.24, 2.45) is 0 Å². The van der Waals surface area contributed by atoms with E-state index in [1.807, 2.05) is 6.92 Å². The van der Waals surface area contributed by atoms with E-state index in [1.54, 1.807) is 24.3 Å². The zero-order valence-electron chi connectivity index (χ0n) is 14.0. The van der Waals surface area contributed by atoms with Gasteiger partial charge in [0.25, 0.3) is 18.3 Å². The van der Waals surface area contributed by atoms with E-state index >= 15 is 0 Å². The molecule has 0 aromatic heterocycles. The van der Waals surface area contributed by atoms with E-state index in [4.69, 9.17) is 0 Å². The first kappa shape index (κ1) is 18.7. The molecule has 0 saturated heterocycles. The lowest BCUT2D eigenvalue weighted by Gasteiger charge is -2.13. The van der Waals surface area contributed by atoms with Crippen LogP contribution in [0.2, 0.25) is 0 Å². The molecule has 0 radical (unpaired) electrons. The highest BCUT2D eigenvalue weighted by molar-refractivity contribution is 6.13. The van der Waals surface area contributed by atoms with Gasteiger partial charge in [0, 0.05) is 12.7 Å². The molecule has 0 atom stereocenters. The average molecular weight is 356 g/mol. The molecule has 0 aliphatic carbocycles. The maximum atomic E-state index is 12.5. The molecule has 0 aliphatic rings. The summed E-state index contributed by atoms with van der Waals surface area (Å²) in [6.07, 6.45) is 0. The zero-order chi connectivity index (χ0) is 19.3.